The van der Waals surface area contributed by atoms with Crippen LogP contribution in [0.1, 0.15) is 17.3 Å². The Labute approximate surface area is 92.6 Å². The zero-order chi connectivity index (χ0) is 11.3. The van der Waals surface area contributed by atoms with Crippen molar-refractivity contribution in [3.8, 4) is 0 Å². The third kappa shape index (κ3) is 2.95. The number of hydrogen-bond acceptors (Lipinski definition) is 2. The summed E-state index contributed by atoms with van der Waals surface area (Å²) in [5, 5.41) is 5.40. The van der Waals surface area contributed by atoms with Gasteiger partial charge in [-0.3, -0.25) is 9.59 Å². The predicted molar refractivity (Wildman–Crippen MR) is 59.1 cm³/mol. The van der Waals surface area contributed by atoms with E-state index in [-0.39, 0.29) is 5.91 Å². The van der Waals surface area contributed by atoms with Gasteiger partial charge in [-0.15, -0.1) is 0 Å². The van der Waals surface area contributed by atoms with E-state index in [2.05, 4.69) is 10.6 Å². The highest BCUT2D eigenvalue weighted by atomic mass is 35.5. The molecule has 0 atom stereocenters. The van der Waals surface area contributed by atoms with Gasteiger partial charge < -0.3 is 10.6 Å². The van der Waals surface area contributed by atoms with Gasteiger partial charge in [-0.05, 0) is 25.1 Å². The molecule has 4 nitrogen and oxygen atoms in total. The molecule has 0 aliphatic heterocycles. The van der Waals surface area contributed by atoms with Gasteiger partial charge in [-0.2, -0.15) is 0 Å². The van der Waals surface area contributed by atoms with Crippen LogP contribution in [0.4, 0.5) is 5.69 Å². The van der Waals surface area contributed by atoms with Crippen LogP contribution in [0.25, 0.3) is 0 Å². The number of amides is 2. The Kier molecular flexibility index (Phi) is 4.12. The Morgan fingerprint density at radius 2 is 2.27 bits per heavy atom. The fourth-order valence-corrected chi connectivity index (χ4v) is 1.38. The summed E-state index contributed by atoms with van der Waals surface area (Å²) in [6.45, 7) is 2.37. The fraction of sp³-hybridized carbons (Fsp3) is 0.200. The standard InChI is InChI=1S/C10H11ClN2O2/c1-2-12-10(15)8-4-3-7(13-6-14)5-9(8)11/h3-6H,2H2,1H3,(H,12,15)(H,13,14). The number of rotatable bonds is 4. The fourth-order valence-electron chi connectivity index (χ4n) is 1.11. The highest BCUT2D eigenvalue weighted by Crippen LogP contribution is 2.20. The molecular weight excluding hydrogens is 216 g/mol. The second kappa shape index (κ2) is 5.36. The van der Waals surface area contributed by atoms with Gasteiger partial charge in [0.1, 0.15) is 0 Å². The van der Waals surface area contributed by atoms with Crippen LogP contribution in [0.5, 0.6) is 0 Å². The molecule has 5 heteroatoms. The molecule has 0 aromatic heterocycles. The number of carbonyl (C=O) groups excluding carboxylic acids is 2. The Balaban J connectivity index is 2.92. The van der Waals surface area contributed by atoms with Crippen LogP contribution in [-0.4, -0.2) is 18.9 Å². The van der Waals surface area contributed by atoms with Gasteiger partial charge in [-0.25, -0.2) is 0 Å². The minimum atomic E-state index is -0.222. The van der Waals surface area contributed by atoms with E-state index in [9.17, 15) is 9.59 Å². The average Bonchev–Trinajstić information content (AvgIpc) is 2.18. The van der Waals surface area contributed by atoms with Gasteiger partial charge in [0.05, 0.1) is 10.6 Å². The molecule has 1 rings (SSSR count). The summed E-state index contributed by atoms with van der Waals surface area (Å²) in [7, 11) is 0. The smallest absolute Gasteiger partial charge is 0.252 e. The molecule has 0 unspecified atom stereocenters. The first-order valence-electron chi connectivity index (χ1n) is 4.47. The lowest BCUT2D eigenvalue weighted by molar-refractivity contribution is -0.105. The zero-order valence-electron chi connectivity index (χ0n) is 8.21. The largest absolute Gasteiger partial charge is 0.352 e. The monoisotopic (exact) mass is 226 g/mol. The third-order valence-corrected chi connectivity index (χ3v) is 2.09. The van der Waals surface area contributed by atoms with Crippen LogP contribution in [0, 0.1) is 0 Å². The number of benzene rings is 1. The molecule has 0 spiro atoms. The van der Waals surface area contributed by atoms with E-state index in [0.717, 1.165) is 0 Å². The SMILES string of the molecule is CCNC(=O)c1ccc(NC=O)cc1Cl. The first-order valence-corrected chi connectivity index (χ1v) is 4.84. The predicted octanol–water partition coefficient (Wildman–Crippen LogP) is 1.66. The molecule has 0 radical (unpaired) electrons. The van der Waals surface area contributed by atoms with Crippen LogP contribution >= 0.6 is 11.6 Å². The van der Waals surface area contributed by atoms with Crippen LogP contribution in [0.2, 0.25) is 5.02 Å². The lowest BCUT2D eigenvalue weighted by atomic mass is 10.2. The van der Waals surface area contributed by atoms with Gasteiger partial charge in [0.2, 0.25) is 6.41 Å². The summed E-state index contributed by atoms with van der Waals surface area (Å²) in [5.74, 6) is -0.222. The maximum Gasteiger partial charge on any atom is 0.252 e. The highest BCUT2D eigenvalue weighted by Gasteiger charge is 2.09. The molecule has 0 heterocycles. The van der Waals surface area contributed by atoms with Crippen molar-refractivity contribution in [1.82, 2.24) is 5.32 Å². The van der Waals surface area contributed by atoms with E-state index in [4.69, 9.17) is 11.6 Å². The highest BCUT2D eigenvalue weighted by molar-refractivity contribution is 6.34. The minimum absolute atomic E-state index is 0.222. The van der Waals surface area contributed by atoms with Crippen LogP contribution < -0.4 is 10.6 Å². The molecule has 0 aliphatic carbocycles. The summed E-state index contributed by atoms with van der Waals surface area (Å²) in [5.41, 5.74) is 0.956. The normalized spacial score (nSPS) is 9.47. The Morgan fingerprint density at radius 3 is 2.80 bits per heavy atom. The van der Waals surface area contributed by atoms with Gasteiger partial charge in [0.25, 0.3) is 5.91 Å². The molecule has 2 amide bonds. The first kappa shape index (κ1) is 11.5. The van der Waals surface area contributed by atoms with E-state index in [1.165, 1.54) is 6.07 Å². The van der Waals surface area contributed by atoms with Crippen molar-refractivity contribution in [2.24, 2.45) is 0 Å². The molecule has 0 fully saturated rings. The van der Waals surface area contributed by atoms with Gasteiger partial charge in [-0.1, -0.05) is 11.6 Å². The van der Waals surface area contributed by atoms with E-state index < -0.39 is 0 Å². The van der Waals surface area contributed by atoms with Gasteiger partial charge in [0, 0.05) is 12.2 Å². The van der Waals surface area contributed by atoms with Gasteiger partial charge in [0.15, 0.2) is 0 Å². The first-order chi connectivity index (χ1) is 7.19. The average molecular weight is 227 g/mol. The molecule has 0 saturated carbocycles. The van der Waals surface area contributed by atoms with E-state index in [0.29, 0.717) is 29.2 Å². The van der Waals surface area contributed by atoms with Crippen LogP contribution in [-0.2, 0) is 4.79 Å². The van der Waals surface area contributed by atoms with Crippen molar-refractivity contribution in [3.63, 3.8) is 0 Å². The van der Waals surface area contributed by atoms with E-state index in [1.807, 2.05) is 6.92 Å². The summed E-state index contributed by atoms with van der Waals surface area (Å²) in [6.07, 6.45) is 0.553. The number of nitrogens with one attached hydrogen (secondary N) is 2. The molecule has 2 N–H and O–H groups in total. The maximum atomic E-state index is 11.4. The molecule has 0 saturated heterocycles. The molecular formula is C10H11ClN2O2. The minimum Gasteiger partial charge on any atom is -0.352 e. The number of anilines is 1. The summed E-state index contributed by atoms with van der Waals surface area (Å²) < 4.78 is 0. The van der Waals surface area contributed by atoms with Crippen molar-refractivity contribution in [2.45, 2.75) is 6.92 Å². The molecule has 1 aromatic rings. The third-order valence-electron chi connectivity index (χ3n) is 1.78. The molecule has 80 valence electrons. The second-order valence-electron chi connectivity index (χ2n) is 2.82. The maximum absolute atomic E-state index is 11.4. The lowest BCUT2D eigenvalue weighted by Crippen LogP contribution is -2.22. The summed E-state index contributed by atoms with van der Waals surface area (Å²) >= 11 is 5.88. The van der Waals surface area contributed by atoms with Crippen molar-refractivity contribution in [2.75, 3.05) is 11.9 Å². The summed E-state index contributed by atoms with van der Waals surface area (Å²) in [4.78, 5) is 21.6. The number of halogens is 1. The lowest BCUT2D eigenvalue weighted by Gasteiger charge is -2.06. The van der Waals surface area contributed by atoms with Crippen molar-refractivity contribution in [1.29, 1.82) is 0 Å². The van der Waals surface area contributed by atoms with Crippen LogP contribution in [0.3, 0.4) is 0 Å². The van der Waals surface area contributed by atoms with Crippen molar-refractivity contribution >= 4 is 29.6 Å². The quantitative estimate of drug-likeness (QED) is 0.768. The van der Waals surface area contributed by atoms with E-state index in [1.54, 1.807) is 12.1 Å². The Hall–Kier alpha value is -1.55. The molecule has 1 aromatic carbocycles. The number of hydrogen-bond donors (Lipinski definition) is 2. The Morgan fingerprint density at radius 1 is 1.53 bits per heavy atom. The van der Waals surface area contributed by atoms with E-state index >= 15 is 0 Å². The molecule has 0 bridgehead atoms. The topological polar surface area (TPSA) is 58.2 Å². The van der Waals surface area contributed by atoms with Crippen molar-refractivity contribution < 1.29 is 9.59 Å². The van der Waals surface area contributed by atoms with Crippen molar-refractivity contribution in [3.05, 3.63) is 28.8 Å². The zero-order valence-corrected chi connectivity index (χ0v) is 8.97. The number of carbonyl (C=O) groups is 2. The van der Waals surface area contributed by atoms with Crippen LogP contribution in [0.15, 0.2) is 18.2 Å². The molecule has 15 heavy (non-hydrogen) atoms. The molecule has 0 aliphatic rings. The van der Waals surface area contributed by atoms with Gasteiger partial charge >= 0.3 is 0 Å². The Bertz CT molecular complexity index is 380. The second-order valence-corrected chi connectivity index (χ2v) is 3.22. The summed E-state index contributed by atoms with van der Waals surface area (Å²) in [6, 6.07) is 4.71.